The zero-order valence-electron chi connectivity index (χ0n) is 13.0. The average Bonchev–Trinajstić information content (AvgIpc) is 2.43. The van der Waals surface area contributed by atoms with Crippen LogP contribution in [0.25, 0.3) is 0 Å². The van der Waals surface area contributed by atoms with Gasteiger partial charge in [-0.1, -0.05) is 24.6 Å². The molecule has 0 saturated carbocycles. The summed E-state index contributed by atoms with van der Waals surface area (Å²) in [5, 5.41) is 12.1. The minimum atomic E-state index is -0.838. The second-order valence-corrected chi connectivity index (χ2v) is 5.64. The minimum Gasteiger partial charge on any atom is -0.480 e. The Morgan fingerprint density at radius 1 is 1.27 bits per heavy atom. The van der Waals surface area contributed by atoms with Crippen molar-refractivity contribution in [1.82, 2.24) is 4.90 Å². The third-order valence-corrected chi connectivity index (χ3v) is 3.99. The zero-order valence-corrected chi connectivity index (χ0v) is 13.8. The third-order valence-electron chi connectivity index (χ3n) is 3.99. The number of piperidine rings is 1. The number of aryl methyl sites for hydroxylation is 2. The Hall–Kier alpha value is -1.59. The monoisotopic (exact) mass is 326 g/mol. The number of nitrogens with one attached hydrogen (secondary N) is 1. The van der Waals surface area contributed by atoms with Gasteiger partial charge in [-0.2, -0.15) is 0 Å². The molecule has 1 saturated heterocycles. The van der Waals surface area contributed by atoms with E-state index in [9.17, 15) is 14.7 Å². The summed E-state index contributed by atoms with van der Waals surface area (Å²) in [6.07, 6.45) is 2.47. The van der Waals surface area contributed by atoms with Crippen LogP contribution in [0.1, 0.15) is 30.4 Å². The molecule has 0 aliphatic carbocycles. The lowest BCUT2D eigenvalue weighted by atomic mass is 10.0. The summed E-state index contributed by atoms with van der Waals surface area (Å²) < 4.78 is 0. The van der Waals surface area contributed by atoms with E-state index in [0.29, 0.717) is 13.0 Å². The van der Waals surface area contributed by atoms with Crippen molar-refractivity contribution in [2.45, 2.75) is 39.2 Å². The Bertz CT molecular complexity index is 528. The van der Waals surface area contributed by atoms with Crippen LogP contribution in [-0.2, 0) is 9.59 Å². The maximum absolute atomic E-state index is 12.2. The van der Waals surface area contributed by atoms with E-state index in [1.165, 1.54) is 0 Å². The predicted octanol–water partition coefficient (Wildman–Crippen LogP) is 2.60. The number of para-hydroxylation sites is 1. The first-order chi connectivity index (χ1) is 9.99. The van der Waals surface area contributed by atoms with E-state index in [4.69, 9.17) is 0 Å². The van der Waals surface area contributed by atoms with Crippen LogP contribution in [0.15, 0.2) is 18.2 Å². The van der Waals surface area contributed by atoms with Gasteiger partial charge in [0.05, 0.1) is 6.54 Å². The number of carboxylic acids is 1. The summed E-state index contributed by atoms with van der Waals surface area (Å²) >= 11 is 0. The number of anilines is 1. The SMILES string of the molecule is Cc1cccc(C)c1NC(=O)CN1CCCCC1C(=O)O.Cl. The Morgan fingerprint density at radius 2 is 1.91 bits per heavy atom. The number of aliphatic carboxylic acids is 1. The van der Waals surface area contributed by atoms with E-state index < -0.39 is 12.0 Å². The van der Waals surface area contributed by atoms with Crippen molar-refractivity contribution in [3.63, 3.8) is 0 Å². The van der Waals surface area contributed by atoms with Gasteiger partial charge in [-0.05, 0) is 44.4 Å². The predicted molar refractivity (Wildman–Crippen MR) is 88.6 cm³/mol. The van der Waals surface area contributed by atoms with Gasteiger partial charge in [0.1, 0.15) is 6.04 Å². The Kier molecular flexibility index (Phi) is 6.84. The highest BCUT2D eigenvalue weighted by atomic mass is 35.5. The molecule has 0 aromatic heterocycles. The molecule has 0 bridgehead atoms. The number of hydrogen-bond acceptors (Lipinski definition) is 3. The Morgan fingerprint density at radius 3 is 2.50 bits per heavy atom. The summed E-state index contributed by atoms with van der Waals surface area (Å²) in [5.74, 6) is -0.991. The number of nitrogens with zero attached hydrogens (tertiary/aromatic N) is 1. The molecular weight excluding hydrogens is 304 g/mol. The summed E-state index contributed by atoms with van der Waals surface area (Å²) in [6.45, 7) is 4.69. The van der Waals surface area contributed by atoms with Gasteiger partial charge in [0, 0.05) is 5.69 Å². The summed E-state index contributed by atoms with van der Waals surface area (Å²) in [4.78, 5) is 25.2. The fourth-order valence-electron chi connectivity index (χ4n) is 2.83. The summed E-state index contributed by atoms with van der Waals surface area (Å²) in [5.41, 5.74) is 2.85. The highest BCUT2D eigenvalue weighted by Gasteiger charge is 2.29. The fraction of sp³-hybridized carbons (Fsp3) is 0.500. The van der Waals surface area contributed by atoms with Crippen molar-refractivity contribution in [1.29, 1.82) is 0 Å². The van der Waals surface area contributed by atoms with Gasteiger partial charge in [-0.15, -0.1) is 12.4 Å². The highest BCUT2D eigenvalue weighted by molar-refractivity contribution is 5.94. The first-order valence-electron chi connectivity index (χ1n) is 7.32. The number of carboxylic acid groups (broad SMARTS) is 1. The van der Waals surface area contributed by atoms with E-state index >= 15 is 0 Å². The molecular formula is C16H23ClN2O3. The fourth-order valence-corrected chi connectivity index (χ4v) is 2.83. The average molecular weight is 327 g/mol. The molecule has 6 heteroatoms. The normalized spacial score (nSPS) is 18.4. The quantitative estimate of drug-likeness (QED) is 0.892. The van der Waals surface area contributed by atoms with E-state index in [1.807, 2.05) is 32.0 Å². The Balaban J connectivity index is 0.00000242. The molecule has 1 aromatic rings. The van der Waals surface area contributed by atoms with E-state index in [2.05, 4.69) is 5.32 Å². The number of hydrogen-bond donors (Lipinski definition) is 2. The standard InChI is InChI=1S/C16H22N2O3.ClH/c1-11-6-5-7-12(2)15(11)17-14(19)10-18-9-4-3-8-13(18)16(20)21;/h5-7,13H,3-4,8-10H2,1-2H3,(H,17,19)(H,20,21);1H. The number of amides is 1. The zero-order chi connectivity index (χ0) is 15.4. The first kappa shape index (κ1) is 18.5. The molecule has 1 unspecified atom stereocenters. The van der Waals surface area contributed by atoms with Crippen LogP contribution < -0.4 is 5.32 Å². The summed E-state index contributed by atoms with van der Waals surface area (Å²) in [7, 11) is 0. The van der Waals surface area contributed by atoms with Gasteiger partial charge < -0.3 is 10.4 Å². The summed E-state index contributed by atoms with van der Waals surface area (Å²) in [6, 6.07) is 5.31. The topological polar surface area (TPSA) is 69.6 Å². The maximum Gasteiger partial charge on any atom is 0.320 e. The smallest absolute Gasteiger partial charge is 0.320 e. The molecule has 1 aliphatic rings. The lowest BCUT2D eigenvalue weighted by molar-refractivity contribution is -0.145. The molecule has 1 amide bonds. The first-order valence-corrected chi connectivity index (χ1v) is 7.32. The van der Waals surface area contributed by atoms with Crippen LogP contribution in [0.3, 0.4) is 0 Å². The molecule has 22 heavy (non-hydrogen) atoms. The molecule has 2 N–H and O–H groups in total. The van der Waals surface area contributed by atoms with E-state index in [1.54, 1.807) is 4.90 Å². The van der Waals surface area contributed by atoms with Crippen LogP contribution in [0, 0.1) is 13.8 Å². The van der Waals surface area contributed by atoms with Crippen LogP contribution in [0.4, 0.5) is 5.69 Å². The molecule has 1 aliphatic heterocycles. The molecule has 1 fully saturated rings. The van der Waals surface area contributed by atoms with Crippen molar-refractivity contribution in [2.24, 2.45) is 0 Å². The van der Waals surface area contributed by atoms with Crippen LogP contribution in [0.2, 0.25) is 0 Å². The molecule has 2 rings (SSSR count). The van der Waals surface area contributed by atoms with Gasteiger partial charge in [-0.25, -0.2) is 0 Å². The van der Waals surface area contributed by atoms with Gasteiger partial charge in [0.15, 0.2) is 0 Å². The van der Waals surface area contributed by atoms with Crippen LogP contribution >= 0.6 is 12.4 Å². The third kappa shape index (κ3) is 4.45. The number of rotatable bonds is 4. The largest absolute Gasteiger partial charge is 0.480 e. The second-order valence-electron chi connectivity index (χ2n) is 5.64. The van der Waals surface area contributed by atoms with Crippen molar-refractivity contribution in [2.75, 3.05) is 18.4 Å². The van der Waals surface area contributed by atoms with Gasteiger partial charge >= 0.3 is 5.97 Å². The van der Waals surface area contributed by atoms with Crippen LogP contribution in [0.5, 0.6) is 0 Å². The maximum atomic E-state index is 12.2. The van der Waals surface area contributed by atoms with Crippen LogP contribution in [-0.4, -0.2) is 41.0 Å². The molecule has 5 nitrogen and oxygen atoms in total. The minimum absolute atomic E-state index is 0. The molecule has 0 radical (unpaired) electrons. The number of halogens is 1. The molecule has 1 heterocycles. The lowest BCUT2D eigenvalue weighted by Gasteiger charge is -2.32. The van der Waals surface area contributed by atoms with Crippen molar-refractivity contribution in [3.05, 3.63) is 29.3 Å². The highest BCUT2D eigenvalue weighted by Crippen LogP contribution is 2.20. The lowest BCUT2D eigenvalue weighted by Crippen LogP contribution is -2.47. The van der Waals surface area contributed by atoms with Gasteiger partial charge in [0.2, 0.25) is 5.91 Å². The van der Waals surface area contributed by atoms with Crippen molar-refractivity contribution >= 4 is 30.0 Å². The molecule has 1 atom stereocenters. The molecule has 0 spiro atoms. The molecule has 1 aromatic carbocycles. The molecule has 122 valence electrons. The van der Waals surface area contributed by atoms with Gasteiger partial charge in [0.25, 0.3) is 0 Å². The number of benzene rings is 1. The number of carbonyl (C=O) groups excluding carboxylic acids is 1. The number of likely N-dealkylation sites (tertiary alicyclic amines) is 1. The number of carbonyl (C=O) groups is 2. The van der Waals surface area contributed by atoms with E-state index in [0.717, 1.165) is 29.7 Å². The second kappa shape index (κ2) is 8.15. The Labute approximate surface area is 137 Å². The van der Waals surface area contributed by atoms with Crippen molar-refractivity contribution in [3.8, 4) is 0 Å². The van der Waals surface area contributed by atoms with Gasteiger partial charge in [-0.3, -0.25) is 14.5 Å². The van der Waals surface area contributed by atoms with E-state index in [-0.39, 0.29) is 24.9 Å². The van der Waals surface area contributed by atoms with Crippen molar-refractivity contribution < 1.29 is 14.7 Å².